The molecule has 28 heavy (non-hydrogen) atoms. The van der Waals surface area contributed by atoms with Crippen LogP contribution in [-0.2, 0) is 5.75 Å². The van der Waals surface area contributed by atoms with E-state index in [0.717, 1.165) is 32.7 Å². The zero-order valence-corrected chi connectivity index (χ0v) is 16.9. The Balaban J connectivity index is 1.57. The molecule has 2 aromatic heterocycles. The predicted octanol–water partition coefficient (Wildman–Crippen LogP) is 4.13. The van der Waals surface area contributed by atoms with Crippen molar-refractivity contribution in [3.63, 3.8) is 0 Å². The minimum absolute atomic E-state index is 0.175. The molecule has 0 saturated heterocycles. The molecule has 0 unspecified atom stereocenters. The lowest BCUT2D eigenvalue weighted by molar-refractivity contribution is 0.414. The molecule has 4 rings (SSSR count). The Bertz CT molecular complexity index is 1150. The molecule has 0 spiro atoms. The standard InChI is InChI=1S/C20H17N3O3S2/c1-25-15-5-3-13(4-6-15)19-22-23-18(24)11-14(21-20(23)28-19)12-27-17-9-7-16(26-2)8-10-17/h3-11H,12H2,1-2H3. The lowest BCUT2D eigenvalue weighted by Crippen LogP contribution is -2.15. The van der Waals surface area contributed by atoms with Crippen molar-refractivity contribution >= 4 is 28.1 Å². The Labute approximate surface area is 169 Å². The van der Waals surface area contributed by atoms with Crippen LogP contribution in [0.3, 0.4) is 0 Å². The summed E-state index contributed by atoms with van der Waals surface area (Å²) in [4.78, 5) is 18.7. The number of ether oxygens (including phenoxy) is 2. The second kappa shape index (κ2) is 8.04. The second-order valence-electron chi connectivity index (χ2n) is 5.88. The number of thioether (sulfide) groups is 1. The predicted molar refractivity (Wildman–Crippen MR) is 112 cm³/mol. The third-order valence-corrected chi connectivity index (χ3v) is 6.08. The Hall–Kier alpha value is -2.84. The highest BCUT2D eigenvalue weighted by Crippen LogP contribution is 2.27. The Morgan fingerprint density at radius 1 is 1.00 bits per heavy atom. The van der Waals surface area contributed by atoms with E-state index in [1.54, 1.807) is 32.0 Å². The van der Waals surface area contributed by atoms with E-state index in [9.17, 15) is 4.79 Å². The quantitative estimate of drug-likeness (QED) is 0.445. The lowest BCUT2D eigenvalue weighted by atomic mass is 10.2. The average Bonchev–Trinajstić information content (AvgIpc) is 3.17. The molecule has 0 bridgehead atoms. The van der Waals surface area contributed by atoms with Gasteiger partial charge < -0.3 is 9.47 Å². The number of nitrogens with zero attached hydrogens (tertiary/aromatic N) is 3. The van der Waals surface area contributed by atoms with E-state index in [4.69, 9.17) is 9.47 Å². The van der Waals surface area contributed by atoms with Gasteiger partial charge in [0, 0.05) is 22.3 Å². The minimum atomic E-state index is -0.175. The lowest BCUT2D eigenvalue weighted by Gasteiger charge is -2.03. The molecule has 0 saturated carbocycles. The van der Waals surface area contributed by atoms with Crippen LogP contribution in [-0.4, -0.2) is 28.8 Å². The Morgan fingerprint density at radius 2 is 1.64 bits per heavy atom. The van der Waals surface area contributed by atoms with E-state index in [1.807, 2.05) is 48.5 Å². The minimum Gasteiger partial charge on any atom is -0.497 e. The zero-order valence-electron chi connectivity index (χ0n) is 15.3. The van der Waals surface area contributed by atoms with Crippen LogP contribution in [0, 0.1) is 0 Å². The van der Waals surface area contributed by atoms with Crippen LogP contribution in [0.15, 0.2) is 64.3 Å². The van der Waals surface area contributed by atoms with Gasteiger partial charge in [-0.05, 0) is 48.5 Å². The van der Waals surface area contributed by atoms with Crippen LogP contribution in [0.5, 0.6) is 11.5 Å². The van der Waals surface area contributed by atoms with E-state index in [2.05, 4.69) is 10.1 Å². The smallest absolute Gasteiger partial charge is 0.275 e. The normalized spacial score (nSPS) is 10.9. The molecule has 0 N–H and O–H groups in total. The summed E-state index contributed by atoms with van der Waals surface area (Å²) in [5, 5.41) is 5.16. The van der Waals surface area contributed by atoms with Crippen LogP contribution < -0.4 is 15.0 Å². The summed E-state index contributed by atoms with van der Waals surface area (Å²) in [5.74, 6) is 2.20. The van der Waals surface area contributed by atoms with Crippen LogP contribution in [0.25, 0.3) is 15.5 Å². The maximum atomic E-state index is 12.5. The fourth-order valence-corrected chi connectivity index (χ4v) is 4.33. The van der Waals surface area contributed by atoms with Gasteiger partial charge in [-0.3, -0.25) is 4.79 Å². The van der Waals surface area contributed by atoms with Gasteiger partial charge in [0.05, 0.1) is 19.9 Å². The van der Waals surface area contributed by atoms with Gasteiger partial charge in [0.25, 0.3) is 5.56 Å². The van der Waals surface area contributed by atoms with E-state index >= 15 is 0 Å². The van der Waals surface area contributed by atoms with Crippen molar-refractivity contribution in [2.24, 2.45) is 0 Å². The largest absolute Gasteiger partial charge is 0.497 e. The van der Waals surface area contributed by atoms with E-state index in [0.29, 0.717) is 10.7 Å². The number of hydrogen-bond donors (Lipinski definition) is 0. The fourth-order valence-electron chi connectivity index (χ4n) is 2.61. The molecule has 4 aromatic rings. The maximum absolute atomic E-state index is 12.5. The zero-order chi connectivity index (χ0) is 19.5. The van der Waals surface area contributed by atoms with Crippen LogP contribution in [0.2, 0.25) is 0 Å². The molecule has 2 heterocycles. The van der Waals surface area contributed by atoms with Crippen molar-refractivity contribution in [3.05, 3.63) is 70.6 Å². The first kappa shape index (κ1) is 18.5. The molecular weight excluding hydrogens is 394 g/mol. The first-order chi connectivity index (χ1) is 13.7. The number of fused-ring (bicyclic) bond motifs is 1. The van der Waals surface area contributed by atoms with Crippen molar-refractivity contribution in [2.75, 3.05) is 14.2 Å². The van der Waals surface area contributed by atoms with Crippen molar-refractivity contribution in [2.45, 2.75) is 10.6 Å². The SMILES string of the molecule is COc1ccc(SCc2cc(=O)n3nc(-c4ccc(OC)cc4)sc3n2)cc1. The van der Waals surface area contributed by atoms with E-state index in [-0.39, 0.29) is 5.56 Å². The van der Waals surface area contributed by atoms with Gasteiger partial charge in [-0.25, -0.2) is 4.98 Å². The van der Waals surface area contributed by atoms with Crippen molar-refractivity contribution in [1.82, 2.24) is 14.6 Å². The number of aromatic nitrogens is 3. The monoisotopic (exact) mass is 411 g/mol. The molecule has 0 amide bonds. The van der Waals surface area contributed by atoms with E-state index in [1.165, 1.54) is 15.9 Å². The number of methoxy groups -OCH3 is 2. The third kappa shape index (κ3) is 3.88. The van der Waals surface area contributed by atoms with Crippen LogP contribution >= 0.6 is 23.1 Å². The number of rotatable bonds is 6. The summed E-state index contributed by atoms with van der Waals surface area (Å²) in [6, 6.07) is 16.9. The molecule has 0 aliphatic heterocycles. The van der Waals surface area contributed by atoms with Gasteiger partial charge in [-0.15, -0.1) is 11.8 Å². The molecule has 0 fully saturated rings. The van der Waals surface area contributed by atoms with Gasteiger partial charge in [0.1, 0.15) is 16.5 Å². The van der Waals surface area contributed by atoms with Gasteiger partial charge in [0.15, 0.2) is 0 Å². The molecule has 0 radical (unpaired) electrons. The topological polar surface area (TPSA) is 65.7 Å². The van der Waals surface area contributed by atoms with Gasteiger partial charge >= 0.3 is 0 Å². The van der Waals surface area contributed by atoms with Crippen molar-refractivity contribution in [3.8, 4) is 22.1 Å². The summed E-state index contributed by atoms with van der Waals surface area (Å²) >= 11 is 3.01. The summed E-state index contributed by atoms with van der Waals surface area (Å²) in [7, 11) is 3.27. The summed E-state index contributed by atoms with van der Waals surface area (Å²) in [6.45, 7) is 0. The molecule has 2 aromatic carbocycles. The molecule has 142 valence electrons. The second-order valence-corrected chi connectivity index (χ2v) is 7.88. The van der Waals surface area contributed by atoms with Gasteiger partial charge in [-0.1, -0.05) is 11.3 Å². The summed E-state index contributed by atoms with van der Waals surface area (Å²) < 4.78 is 11.7. The third-order valence-electron chi connectivity index (χ3n) is 4.08. The highest BCUT2D eigenvalue weighted by molar-refractivity contribution is 7.98. The van der Waals surface area contributed by atoms with Crippen molar-refractivity contribution in [1.29, 1.82) is 0 Å². The van der Waals surface area contributed by atoms with Crippen LogP contribution in [0.1, 0.15) is 5.69 Å². The van der Waals surface area contributed by atoms with Crippen molar-refractivity contribution < 1.29 is 9.47 Å². The number of hydrogen-bond acceptors (Lipinski definition) is 7. The van der Waals surface area contributed by atoms with Gasteiger partial charge in [0.2, 0.25) is 4.96 Å². The molecule has 0 atom stereocenters. The Morgan fingerprint density at radius 3 is 2.29 bits per heavy atom. The maximum Gasteiger partial charge on any atom is 0.275 e. The van der Waals surface area contributed by atoms with Gasteiger partial charge in [-0.2, -0.15) is 9.61 Å². The first-order valence-electron chi connectivity index (χ1n) is 8.47. The molecule has 6 nitrogen and oxygen atoms in total. The Kier molecular flexibility index (Phi) is 5.31. The highest BCUT2D eigenvalue weighted by Gasteiger charge is 2.11. The summed E-state index contributed by atoms with van der Waals surface area (Å²) in [6.07, 6.45) is 0. The van der Waals surface area contributed by atoms with E-state index < -0.39 is 0 Å². The molecule has 0 aliphatic rings. The molecule has 0 aliphatic carbocycles. The fraction of sp³-hybridized carbons (Fsp3) is 0.150. The average molecular weight is 412 g/mol. The molecular formula is C20H17N3O3S2. The van der Waals surface area contributed by atoms with Crippen LogP contribution in [0.4, 0.5) is 0 Å². The summed E-state index contributed by atoms with van der Waals surface area (Å²) in [5.41, 5.74) is 1.48. The first-order valence-corrected chi connectivity index (χ1v) is 10.3. The molecule has 8 heteroatoms. The highest BCUT2D eigenvalue weighted by atomic mass is 32.2. The number of benzene rings is 2.